The van der Waals surface area contributed by atoms with Crippen LogP contribution in [0.5, 0.6) is 0 Å². The molecule has 0 amide bonds. The minimum atomic E-state index is 0.716. The molecule has 3 heterocycles. The third-order valence-electron chi connectivity index (χ3n) is 4.13. The van der Waals surface area contributed by atoms with Crippen LogP contribution in [-0.2, 0) is 0 Å². The molecule has 0 aromatic carbocycles. The molecule has 0 saturated heterocycles. The Morgan fingerprint density at radius 2 is 1.74 bits per heavy atom. The highest BCUT2D eigenvalue weighted by Crippen LogP contribution is 2.25. The predicted molar refractivity (Wildman–Crippen MR) is 109 cm³/mol. The molecule has 27 heavy (non-hydrogen) atoms. The van der Waals surface area contributed by atoms with Gasteiger partial charge in [-0.2, -0.15) is 0 Å². The molecule has 0 bridgehead atoms. The van der Waals surface area contributed by atoms with E-state index in [0.29, 0.717) is 5.82 Å². The Labute approximate surface area is 159 Å². The van der Waals surface area contributed by atoms with Gasteiger partial charge in [-0.25, -0.2) is 15.0 Å². The fraction of sp³-hybridized carbons (Fsp3) is 0.300. The summed E-state index contributed by atoms with van der Waals surface area (Å²) in [4.78, 5) is 17.4. The number of hydrogen-bond donors (Lipinski definition) is 3. The van der Waals surface area contributed by atoms with Gasteiger partial charge < -0.3 is 16.0 Å². The number of nitrogens with zero attached hydrogens (tertiary/aromatic N) is 4. The lowest BCUT2D eigenvalue weighted by atomic mass is 10.1. The zero-order valence-electron chi connectivity index (χ0n) is 16.0. The highest BCUT2D eigenvalue weighted by molar-refractivity contribution is 5.71. The summed E-state index contributed by atoms with van der Waals surface area (Å²) >= 11 is 0. The van der Waals surface area contributed by atoms with E-state index in [4.69, 9.17) is 0 Å². The van der Waals surface area contributed by atoms with E-state index in [1.807, 2.05) is 45.3 Å². The van der Waals surface area contributed by atoms with Gasteiger partial charge in [-0.15, -0.1) is 0 Å². The van der Waals surface area contributed by atoms with Crippen molar-refractivity contribution in [2.75, 3.05) is 30.8 Å². The molecule has 3 aromatic rings. The molecule has 0 spiro atoms. The highest BCUT2D eigenvalue weighted by atomic mass is 15.1. The van der Waals surface area contributed by atoms with E-state index in [9.17, 15) is 0 Å². The molecule has 140 valence electrons. The van der Waals surface area contributed by atoms with Gasteiger partial charge in [0, 0.05) is 30.7 Å². The normalized spacial score (nSPS) is 10.6. The first-order valence-electron chi connectivity index (χ1n) is 9.04. The number of aromatic nitrogens is 4. The molecular weight excluding hydrogens is 338 g/mol. The summed E-state index contributed by atoms with van der Waals surface area (Å²) < 4.78 is 0. The van der Waals surface area contributed by atoms with Crippen LogP contribution in [0.2, 0.25) is 0 Å². The van der Waals surface area contributed by atoms with Crippen molar-refractivity contribution in [2.24, 2.45) is 0 Å². The van der Waals surface area contributed by atoms with Gasteiger partial charge in [0.1, 0.15) is 17.5 Å². The number of hydrogen-bond acceptors (Lipinski definition) is 7. The average molecular weight is 363 g/mol. The molecular formula is C20H25N7. The smallest absolute Gasteiger partial charge is 0.135 e. The quantitative estimate of drug-likeness (QED) is 0.529. The van der Waals surface area contributed by atoms with Gasteiger partial charge in [-0.3, -0.25) is 4.98 Å². The zero-order valence-corrected chi connectivity index (χ0v) is 16.0. The van der Waals surface area contributed by atoms with Crippen molar-refractivity contribution in [3.8, 4) is 11.1 Å². The number of anilines is 3. The van der Waals surface area contributed by atoms with Crippen molar-refractivity contribution >= 4 is 17.3 Å². The molecule has 0 unspecified atom stereocenters. The molecule has 0 aliphatic heterocycles. The van der Waals surface area contributed by atoms with Crippen LogP contribution in [-0.4, -0.2) is 40.1 Å². The Hall–Kier alpha value is -3.06. The molecule has 7 heteroatoms. The van der Waals surface area contributed by atoms with Crippen molar-refractivity contribution in [1.82, 2.24) is 25.3 Å². The maximum absolute atomic E-state index is 4.54. The van der Waals surface area contributed by atoms with E-state index in [-0.39, 0.29) is 0 Å². The Morgan fingerprint density at radius 1 is 0.889 bits per heavy atom. The summed E-state index contributed by atoms with van der Waals surface area (Å²) in [5.41, 5.74) is 4.14. The Bertz CT molecular complexity index is 895. The first-order chi connectivity index (χ1) is 13.2. The monoisotopic (exact) mass is 363 g/mol. The Balaban J connectivity index is 1.78. The van der Waals surface area contributed by atoms with Gasteiger partial charge in [-0.05, 0) is 63.7 Å². The van der Waals surface area contributed by atoms with E-state index < -0.39 is 0 Å². The molecule has 0 saturated carbocycles. The molecule has 7 nitrogen and oxygen atoms in total. The molecule has 0 atom stereocenters. The van der Waals surface area contributed by atoms with Crippen molar-refractivity contribution in [3.63, 3.8) is 0 Å². The molecule has 0 radical (unpaired) electrons. The first-order valence-corrected chi connectivity index (χ1v) is 9.04. The number of rotatable bonds is 8. The molecule has 3 aromatic heterocycles. The summed E-state index contributed by atoms with van der Waals surface area (Å²) in [5.74, 6) is 2.17. The fourth-order valence-corrected chi connectivity index (χ4v) is 2.69. The minimum absolute atomic E-state index is 0.716. The fourth-order valence-electron chi connectivity index (χ4n) is 2.69. The first kappa shape index (κ1) is 18.7. The van der Waals surface area contributed by atoms with Gasteiger partial charge in [0.25, 0.3) is 0 Å². The van der Waals surface area contributed by atoms with Crippen LogP contribution in [0.25, 0.3) is 11.1 Å². The minimum Gasteiger partial charge on any atom is -0.384 e. The second kappa shape index (κ2) is 9.05. The van der Waals surface area contributed by atoms with E-state index >= 15 is 0 Å². The average Bonchev–Trinajstić information content (AvgIpc) is 2.67. The van der Waals surface area contributed by atoms with E-state index in [0.717, 1.165) is 53.7 Å². The molecule has 3 N–H and O–H groups in total. The predicted octanol–water partition coefficient (Wildman–Crippen LogP) is 3.32. The van der Waals surface area contributed by atoms with Crippen molar-refractivity contribution in [3.05, 3.63) is 54.4 Å². The highest BCUT2D eigenvalue weighted by Gasteiger charge is 2.06. The van der Waals surface area contributed by atoms with Crippen molar-refractivity contribution in [1.29, 1.82) is 0 Å². The molecule has 3 rings (SSSR count). The summed E-state index contributed by atoms with van der Waals surface area (Å²) in [6.07, 6.45) is 6.46. The number of aryl methyl sites for hydroxylation is 2. The summed E-state index contributed by atoms with van der Waals surface area (Å²) in [6, 6.07) is 7.93. The largest absolute Gasteiger partial charge is 0.384 e. The van der Waals surface area contributed by atoms with Gasteiger partial charge in [-0.1, -0.05) is 0 Å². The molecule has 0 fully saturated rings. The lowest BCUT2D eigenvalue weighted by molar-refractivity contribution is 0.747. The van der Waals surface area contributed by atoms with Crippen LogP contribution >= 0.6 is 0 Å². The van der Waals surface area contributed by atoms with Gasteiger partial charge in [0.15, 0.2) is 0 Å². The number of pyridine rings is 2. The third-order valence-corrected chi connectivity index (χ3v) is 4.13. The van der Waals surface area contributed by atoms with Gasteiger partial charge in [0.2, 0.25) is 0 Å². The lowest BCUT2D eigenvalue weighted by Gasteiger charge is -2.12. The summed E-state index contributed by atoms with van der Waals surface area (Å²) in [7, 11) is 1.96. The second-order valence-corrected chi connectivity index (χ2v) is 6.28. The third kappa shape index (κ3) is 5.21. The van der Waals surface area contributed by atoms with Crippen LogP contribution < -0.4 is 16.0 Å². The summed E-state index contributed by atoms with van der Waals surface area (Å²) in [6.45, 7) is 5.77. The van der Waals surface area contributed by atoms with Crippen molar-refractivity contribution in [2.45, 2.75) is 20.3 Å². The molecule has 0 aliphatic rings. The summed E-state index contributed by atoms with van der Waals surface area (Å²) in [5, 5.41) is 9.85. The topological polar surface area (TPSA) is 87.7 Å². The van der Waals surface area contributed by atoms with Crippen molar-refractivity contribution < 1.29 is 0 Å². The van der Waals surface area contributed by atoms with Gasteiger partial charge >= 0.3 is 0 Å². The molecule has 0 aliphatic carbocycles. The van der Waals surface area contributed by atoms with Crippen LogP contribution in [0.3, 0.4) is 0 Å². The lowest BCUT2D eigenvalue weighted by Crippen LogP contribution is -2.13. The van der Waals surface area contributed by atoms with Crippen LogP contribution in [0.15, 0.2) is 42.9 Å². The SMILES string of the molecule is CNCCCNc1cc(-c2ccnc(Nc3ccnc(C)n3)c2)cnc1C. The second-order valence-electron chi connectivity index (χ2n) is 6.28. The standard InChI is InChI=1S/C20H25N7/c1-14-18(23-8-4-7-21-3)11-17(13-25-14)16-5-9-24-20(12-16)27-19-6-10-22-15(2)26-19/h5-6,9-13,21,23H,4,7-8H2,1-3H3,(H,22,24,26,27). The van der Waals surface area contributed by atoms with Crippen LogP contribution in [0.1, 0.15) is 17.9 Å². The maximum atomic E-state index is 4.54. The Kier molecular flexibility index (Phi) is 6.27. The Morgan fingerprint density at radius 3 is 2.56 bits per heavy atom. The van der Waals surface area contributed by atoms with E-state index in [2.05, 4.69) is 42.0 Å². The van der Waals surface area contributed by atoms with Crippen LogP contribution in [0, 0.1) is 13.8 Å². The van der Waals surface area contributed by atoms with E-state index in [1.54, 1.807) is 12.4 Å². The number of nitrogens with one attached hydrogen (secondary N) is 3. The van der Waals surface area contributed by atoms with Gasteiger partial charge in [0.05, 0.1) is 11.4 Å². The maximum Gasteiger partial charge on any atom is 0.135 e. The van der Waals surface area contributed by atoms with Crippen LogP contribution in [0.4, 0.5) is 17.3 Å². The zero-order chi connectivity index (χ0) is 19.1. The van der Waals surface area contributed by atoms with E-state index in [1.165, 1.54) is 0 Å².